The number of hydrogen-bond acceptors (Lipinski definition) is 4. The Balaban J connectivity index is 2.31. The van der Waals surface area contributed by atoms with E-state index in [0.29, 0.717) is 10.2 Å². The molecular weight excluding hydrogens is 496 g/mol. The Labute approximate surface area is 178 Å². The van der Waals surface area contributed by atoms with Crippen molar-refractivity contribution in [2.75, 3.05) is 0 Å². The van der Waals surface area contributed by atoms with Gasteiger partial charge >= 0.3 is 5.97 Å². The minimum Gasteiger partial charge on any atom is -0.480 e. The summed E-state index contributed by atoms with van der Waals surface area (Å²) >= 11 is 6.44. The first-order valence-corrected chi connectivity index (χ1v) is 9.83. The summed E-state index contributed by atoms with van der Waals surface area (Å²) in [4.78, 5) is 36.5. The zero-order chi connectivity index (χ0) is 20.8. The molecule has 0 bridgehead atoms. The smallest absolute Gasteiger partial charge is 0.326 e. The quantitative estimate of drug-likeness (QED) is 0.488. The lowest BCUT2D eigenvalue weighted by Gasteiger charge is -2.19. The Morgan fingerprint density at radius 3 is 2.21 bits per heavy atom. The number of carboxylic acids is 1. The van der Waals surface area contributed by atoms with Gasteiger partial charge in [-0.3, -0.25) is 9.59 Å². The largest absolute Gasteiger partial charge is 0.480 e. The first-order chi connectivity index (χ1) is 13.2. The number of nitrogens with one attached hydrogen (secondary N) is 2. The summed E-state index contributed by atoms with van der Waals surface area (Å²) in [6, 6.07) is 8.93. The summed E-state index contributed by atoms with van der Waals surface area (Å²) in [6.07, 6.45) is 1.46. The molecule has 0 spiro atoms. The van der Waals surface area contributed by atoms with Gasteiger partial charge in [0.15, 0.2) is 10.4 Å². The molecule has 0 saturated heterocycles. The molecule has 1 atom stereocenters. The van der Waals surface area contributed by atoms with Gasteiger partial charge in [-0.25, -0.2) is 4.79 Å². The number of amides is 2. The summed E-state index contributed by atoms with van der Waals surface area (Å²) in [5, 5.41) is 14.2. The Kier molecular flexibility index (Phi) is 7.59. The van der Waals surface area contributed by atoms with Gasteiger partial charge in [0.25, 0.3) is 11.8 Å². The van der Waals surface area contributed by atoms with Crippen molar-refractivity contribution in [3.63, 3.8) is 0 Å². The van der Waals surface area contributed by atoms with Gasteiger partial charge in [-0.15, -0.1) is 0 Å². The molecule has 0 aliphatic heterocycles. The molecular formula is C19H18Br2N2O5. The van der Waals surface area contributed by atoms with Crippen molar-refractivity contribution in [2.45, 2.75) is 19.9 Å². The van der Waals surface area contributed by atoms with Crippen LogP contribution in [0.3, 0.4) is 0 Å². The Bertz CT molecular complexity index is 903. The van der Waals surface area contributed by atoms with Gasteiger partial charge in [0.1, 0.15) is 11.7 Å². The highest BCUT2D eigenvalue weighted by Crippen LogP contribution is 2.16. The Morgan fingerprint density at radius 2 is 1.71 bits per heavy atom. The van der Waals surface area contributed by atoms with Crippen LogP contribution in [-0.2, 0) is 9.59 Å². The zero-order valence-electron chi connectivity index (χ0n) is 15.0. The second-order valence-electron chi connectivity index (χ2n) is 6.20. The third kappa shape index (κ3) is 6.07. The van der Waals surface area contributed by atoms with Crippen molar-refractivity contribution < 1.29 is 23.9 Å². The second kappa shape index (κ2) is 9.70. The summed E-state index contributed by atoms with van der Waals surface area (Å²) < 4.78 is 6.41. The third-order valence-corrected chi connectivity index (χ3v) is 4.65. The van der Waals surface area contributed by atoms with E-state index in [4.69, 9.17) is 4.42 Å². The van der Waals surface area contributed by atoms with E-state index < -0.39 is 23.8 Å². The molecule has 1 heterocycles. The van der Waals surface area contributed by atoms with Gasteiger partial charge in [-0.2, -0.15) is 0 Å². The highest BCUT2D eigenvalue weighted by Gasteiger charge is 2.26. The maximum absolute atomic E-state index is 12.7. The van der Waals surface area contributed by atoms with Gasteiger partial charge in [-0.05, 0) is 57.8 Å². The average Bonchev–Trinajstić information content (AvgIpc) is 3.06. The number of hydrogen-bond donors (Lipinski definition) is 3. The monoisotopic (exact) mass is 512 g/mol. The SMILES string of the molecule is CC(C)C(NC(=O)/C(=C/c1ccc(Br)cc1)NC(=O)c1ccc(Br)o1)C(=O)O. The minimum atomic E-state index is -1.16. The normalized spacial score (nSPS) is 12.5. The molecule has 0 aliphatic rings. The molecule has 2 aromatic rings. The Morgan fingerprint density at radius 1 is 1.07 bits per heavy atom. The van der Waals surface area contributed by atoms with Gasteiger partial charge < -0.3 is 20.2 Å². The van der Waals surface area contributed by atoms with E-state index in [2.05, 4.69) is 42.5 Å². The topological polar surface area (TPSA) is 109 Å². The fraction of sp³-hybridized carbons (Fsp3) is 0.211. The van der Waals surface area contributed by atoms with Gasteiger partial charge in [0.2, 0.25) is 0 Å². The molecule has 3 N–H and O–H groups in total. The molecule has 7 nitrogen and oxygen atoms in total. The zero-order valence-corrected chi connectivity index (χ0v) is 18.2. The molecule has 0 radical (unpaired) electrons. The van der Waals surface area contributed by atoms with Crippen molar-refractivity contribution in [1.29, 1.82) is 0 Å². The fourth-order valence-corrected chi connectivity index (χ4v) is 2.81. The highest BCUT2D eigenvalue weighted by molar-refractivity contribution is 9.10. The molecule has 2 rings (SSSR count). The molecule has 1 unspecified atom stereocenters. The summed E-state index contributed by atoms with van der Waals surface area (Å²) in [6.45, 7) is 3.35. The van der Waals surface area contributed by atoms with Crippen LogP contribution in [0, 0.1) is 5.92 Å². The summed E-state index contributed by atoms with van der Waals surface area (Å²) in [7, 11) is 0. The molecule has 148 valence electrons. The number of halogens is 2. The van der Waals surface area contributed by atoms with E-state index in [1.165, 1.54) is 12.1 Å². The molecule has 0 fully saturated rings. The van der Waals surface area contributed by atoms with Crippen LogP contribution < -0.4 is 10.6 Å². The average molecular weight is 514 g/mol. The molecule has 0 aliphatic carbocycles. The van der Waals surface area contributed by atoms with Crippen molar-refractivity contribution in [3.05, 3.63) is 62.6 Å². The van der Waals surface area contributed by atoms with Gasteiger partial charge in [0, 0.05) is 4.47 Å². The fourth-order valence-electron chi connectivity index (χ4n) is 2.24. The van der Waals surface area contributed by atoms with E-state index in [0.717, 1.165) is 4.47 Å². The molecule has 0 saturated carbocycles. The van der Waals surface area contributed by atoms with Crippen LogP contribution in [0.2, 0.25) is 0 Å². The molecule has 1 aromatic carbocycles. The lowest BCUT2D eigenvalue weighted by molar-refractivity contribution is -0.142. The summed E-state index contributed by atoms with van der Waals surface area (Å²) in [5.41, 5.74) is 0.539. The van der Waals surface area contributed by atoms with Crippen molar-refractivity contribution in [2.24, 2.45) is 5.92 Å². The predicted octanol–water partition coefficient (Wildman–Crippen LogP) is 3.80. The molecule has 28 heavy (non-hydrogen) atoms. The molecule has 2 amide bonds. The second-order valence-corrected chi connectivity index (χ2v) is 7.90. The lowest BCUT2D eigenvalue weighted by atomic mass is 10.0. The molecule has 1 aromatic heterocycles. The van der Waals surface area contributed by atoms with Crippen LogP contribution in [0.5, 0.6) is 0 Å². The van der Waals surface area contributed by atoms with Crippen molar-refractivity contribution in [1.82, 2.24) is 10.6 Å². The Hall–Kier alpha value is -2.39. The number of rotatable bonds is 7. The maximum atomic E-state index is 12.7. The van der Waals surface area contributed by atoms with Crippen molar-refractivity contribution >= 4 is 55.7 Å². The van der Waals surface area contributed by atoms with Crippen LogP contribution in [0.4, 0.5) is 0 Å². The van der Waals surface area contributed by atoms with Crippen molar-refractivity contribution in [3.8, 4) is 0 Å². The first-order valence-electron chi connectivity index (χ1n) is 8.25. The van der Waals surface area contributed by atoms with E-state index >= 15 is 0 Å². The van der Waals surface area contributed by atoms with Crippen LogP contribution in [0.25, 0.3) is 6.08 Å². The first kappa shape index (κ1) is 21.9. The highest BCUT2D eigenvalue weighted by atomic mass is 79.9. The number of aliphatic carboxylic acids is 1. The van der Waals surface area contributed by atoms with Crippen LogP contribution in [0.15, 0.2) is 55.7 Å². The van der Waals surface area contributed by atoms with Gasteiger partial charge in [0.05, 0.1) is 0 Å². The standard InChI is InChI=1S/C19H18Br2N2O5/c1-10(2)16(19(26)27)23-17(24)13(9-11-3-5-12(20)6-4-11)22-18(25)14-7-8-15(21)28-14/h3-10,16H,1-2H3,(H,22,25)(H,23,24)(H,26,27)/b13-9-. The number of carbonyl (C=O) groups excluding carboxylic acids is 2. The van der Waals surface area contributed by atoms with Crippen LogP contribution in [-0.4, -0.2) is 28.9 Å². The number of benzene rings is 1. The number of furan rings is 1. The summed E-state index contributed by atoms with van der Waals surface area (Å²) in [5.74, 6) is -2.86. The van der Waals surface area contributed by atoms with E-state index in [9.17, 15) is 19.5 Å². The third-order valence-electron chi connectivity index (χ3n) is 3.69. The molecule has 9 heteroatoms. The number of carboxylic acid groups (broad SMARTS) is 1. The lowest BCUT2D eigenvalue weighted by Crippen LogP contribution is -2.47. The van der Waals surface area contributed by atoms with E-state index in [1.807, 2.05) is 0 Å². The van der Waals surface area contributed by atoms with E-state index in [-0.39, 0.29) is 17.4 Å². The minimum absolute atomic E-state index is 0.0000234. The van der Waals surface area contributed by atoms with Crippen LogP contribution >= 0.6 is 31.9 Å². The maximum Gasteiger partial charge on any atom is 0.326 e. The van der Waals surface area contributed by atoms with E-state index in [1.54, 1.807) is 44.2 Å². The predicted molar refractivity (Wildman–Crippen MR) is 110 cm³/mol. The number of carbonyl (C=O) groups is 3. The van der Waals surface area contributed by atoms with Crippen LogP contribution in [0.1, 0.15) is 30.0 Å². The van der Waals surface area contributed by atoms with Gasteiger partial charge in [-0.1, -0.05) is 41.9 Å².